The first-order chi connectivity index (χ1) is 14.1. The number of aryl methyl sites for hydroxylation is 2. The van der Waals surface area contributed by atoms with Gasteiger partial charge in [0, 0.05) is 18.8 Å². The number of hydrogen-bond donors (Lipinski definition) is 4. The maximum Gasteiger partial charge on any atom is 0.469 e. The molecule has 0 amide bonds. The number of hydrogen-bond acceptors (Lipinski definition) is 7. The van der Waals surface area contributed by atoms with E-state index in [0.717, 1.165) is 32.5 Å². The Balaban J connectivity index is 1.82. The lowest BCUT2D eigenvalue weighted by Gasteiger charge is -2.19. The first-order valence-corrected chi connectivity index (χ1v) is 10.7. The van der Waals surface area contributed by atoms with Crippen molar-refractivity contribution >= 4 is 7.82 Å². The van der Waals surface area contributed by atoms with E-state index < -0.39 is 50.2 Å². The van der Waals surface area contributed by atoms with Crippen LogP contribution in [-0.2, 0) is 26.8 Å². The predicted octanol–water partition coefficient (Wildman–Crippen LogP) is -0.710. The summed E-state index contributed by atoms with van der Waals surface area (Å²) < 4.78 is 22.5. The van der Waals surface area contributed by atoms with Gasteiger partial charge in [-0.1, -0.05) is 24.3 Å². The number of aliphatic hydroxyl groups is 2. The highest BCUT2D eigenvalue weighted by Crippen LogP contribution is 2.38. The maximum atomic E-state index is 12.9. The zero-order valence-electron chi connectivity index (χ0n) is 16.1. The summed E-state index contributed by atoms with van der Waals surface area (Å²) in [5, 5.41) is 20.4. The fraction of sp³-hybridized carbons (Fsp3) is 0.444. The van der Waals surface area contributed by atoms with Crippen molar-refractivity contribution in [1.82, 2.24) is 9.13 Å². The van der Waals surface area contributed by atoms with Gasteiger partial charge in [-0.3, -0.25) is 18.5 Å². The van der Waals surface area contributed by atoms with Crippen LogP contribution < -0.4 is 11.2 Å². The molecule has 0 unspecified atom stereocenters. The van der Waals surface area contributed by atoms with Gasteiger partial charge in [0.1, 0.15) is 18.3 Å². The van der Waals surface area contributed by atoms with Crippen molar-refractivity contribution in [2.75, 3.05) is 6.61 Å². The van der Waals surface area contributed by atoms with E-state index in [1.165, 1.54) is 0 Å². The Morgan fingerprint density at radius 1 is 1.13 bits per heavy atom. The molecule has 3 rings (SSSR count). The second-order valence-corrected chi connectivity index (χ2v) is 8.24. The Labute approximate surface area is 171 Å². The van der Waals surface area contributed by atoms with Gasteiger partial charge in [0.05, 0.1) is 6.61 Å². The quantitative estimate of drug-likeness (QED) is 0.406. The zero-order chi connectivity index (χ0) is 22.1. The van der Waals surface area contributed by atoms with E-state index in [9.17, 15) is 24.4 Å². The minimum absolute atomic E-state index is 0.0967. The Morgan fingerprint density at radius 2 is 1.83 bits per heavy atom. The number of aliphatic hydroxyl groups excluding tert-OH is 2. The number of nitrogens with zero attached hydrogens (tertiary/aromatic N) is 2. The summed E-state index contributed by atoms with van der Waals surface area (Å²) in [5.74, 6) is 0. The Morgan fingerprint density at radius 3 is 2.50 bits per heavy atom. The lowest BCUT2D eigenvalue weighted by Crippen LogP contribution is -2.43. The molecule has 4 atom stereocenters. The fourth-order valence-corrected chi connectivity index (χ4v) is 3.66. The third kappa shape index (κ3) is 4.96. The smallest absolute Gasteiger partial charge is 0.387 e. The van der Waals surface area contributed by atoms with Gasteiger partial charge >= 0.3 is 13.5 Å². The van der Waals surface area contributed by atoms with Gasteiger partial charge in [0.25, 0.3) is 5.56 Å². The molecule has 1 saturated heterocycles. The van der Waals surface area contributed by atoms with Gasteiger partial charge in [0.2, 0.25) is 0 Å². The van der Waals surface area contributed by atoms with Gasteiger partial charge in [-0.2, -0.15) is 0 Å². The van der Waals surface area contributed by atoms with Crippen LogP contribution in [0, 0.1) is 6.92 Å². The van der Waals surface area contributed by atoms with Gasteiger partial charge in [-0.15, -0.1) is 0 Å². The van der Waals surface area contributed by atoms with Crippen LogP contribution in [0.2, 0.25) is 0 Å². The summed E-state index contributed by atoms with van der Waals surface area (Å²) in [7, 11) is -4.81. The van der Waals surface area contributed by atoms with Crippen LogP contribution in [0.4, 0.5) is 0 Å². The monoisotopic (exact) mass is 442 g/mol. The van der Waals surface area contributed by atoms with Crippen molar-refractivity contribution in [3.8, 4) is 0 Å². The number of aromatic nitrogens is 2. The molecule has 12 heteroatoms. The molecular formula is C18H23N2O9P. The van der Waals surface area contributed by atoms with E-state index in [4.69, 9.17) is 14.5 Å². The molecule has 1 aliphatic rings. The molecule has 0 bridgehead atoms. The number of ether oxygens (including phenoxy) is 1. The zero-order valence-corrected chi connectivity index (χ0v) is 17.0. The largest absolute Gasteiger partial charge is 0.469 e. The summed E-state index contributed by atoms with van der Waals surface area (Å²) in [4.78, 5) is 42.7. The lowest BCUT2D eigenvalue weighted by atomic mass is 10.1. The van der Waals surface area contributed by atoms with Crippen LogP contribution >= 0.6 is 7.82 Å². The van der Waals surface area contributed by atoms with Crippen LogP contribution in [0.25, 0.3) is 0 Å². The molecule has 0 saturated carbocycles. The van der Waals surface area contributed by atoms with Gasteiger partial charge in [-0.05, 0) is 24.5 Å². The van der Waals surface area contributed by atoms with Gasteiger partial charge < -0.3 is 24.7 Å². The van der Waals surface area contributed by atoms with E-state index >= 15 is 0 Å². The second-order valence-electron chi connectivity index (χ2n) is 7.00. The second kappa shape index (κ2) is 8.94. The molecular weight excluding hydrogens is 419 g/mol. The van der Waals surface area contributed by atoms with Crippen LogP contribution in [0.5, 0.6) is 0 Å². The van der Waals surface area contributed by atoms with Crippen LogP contribution in [-0.4, -0.2) is 54.1 Å². The minimum Gasteiger partial charge on any atom is -0.387 e. The molecule has 1 fully saturated rings. The number of phosphoric acid groups is 1. The average Bonchev–Trinajstić information content (AvgIpc) is 2.95. The molecule has 30 heavy (non-hydrogen) atoms. The molecule has 164 valence electrons. The summed E-state index contributed by atoms with van der Waals surface area (Å²) in [6, 6.07) is 8.70. The van der Waals surface area contributed by atoms with Crippen LogP contribution in [0.15, 0.2) is 46.1 Å². The molecule has 1 aromatic heterocycles. The molecule has 0 radical (unpaired) electrons. The van der Waals surface area contributed by atoms with Crippen LogP contribution in [0.1, 0.15) is 17.4 Å². The van der Waals surface area contributed by atoms with Crippen molar-refractivity contribution in [3.05, 3.63) is 68.5 Å². The van der Waals surface area contributed by atoms with Crippen molar-refractivity contribution in [2.24, 2.45) is 0 Å². The standard InChI is InChI=1S/C18H23N2O9P/c1-11-4-2-3-5-12(11)6-8-19-14(21)7-9-20(18(19)24)17-16(23)15(22)13(29-17)10-28-30(25,26)27/h2-5,7,9,13,15-17,22-23H,6,8,10H2,1H3,(H2,25,26,27)/t13-,15+,16+,17-/m1/s1. The third-order valence-corrected chi connectivity index (χ3v) is 5.47. The highest BCUT2D eigenvalue weighted by Gasteiger charge is 2.45. The van der Waals surface area contributed by atoms with Crippen molar-refractivity contribution in [1.29, 1.82) is 0 Å². The lowest BCUT2D eigenvalue weighted by molar-refractivity contribution is -0.0548. The topological polar surface area (TPSA) is 160 Å². The van der Waals surface area contributed by atoms with Crippen LogP contribution in [0.3, 0.4) is 0 Å². The molecule has 1 aliphatic heterocycles. The molecule has 4 N–H and O–H groups in total. The SMILES string of the molecule is Cc1ccccc1CCn1c(=O)ccn([C@@H]2O[C@H](COP(=O)(O)O)[C@H](O)[C@@H]2O)c1=O. The van der Waals surface area contributed by atoms with Crippen molar-refractivity contribution < 1.29 is 33.8 Å². The third-order valence-electron chi connectivity index (χ3n) is 4.98. The number of benzene rings is 1. The predicted molar refractivity (Wildman–Crippen MR) is 104 cm³/mol. The van der Waals surface area contributed by atoms with E-state index in [1.807, 2.05) is 31.2 Å². The molecule has 1 aromatic carbocycles. The molecule has 2 aromatic rings. The fourth-order valence-electron chi connectivity index (χ4n) is 3.32. The van der Waals surface area contributed by atoms with E-state index in [0.29, 0.717) is 6.42 Å². The molecule has 11 nitrogen and oxygen atoms in total. The van der Waals surface area contributed by atoms with Gasteiger partial charge in [0.15, 0.2) is 6.23 Å². The highest BCUT2D eigenvalue weighted by molar-refractivity contribution is 7.46. The average molecular weight is 442 g/mol. The summed E-state index contributed by atoms with van der Waals surface area (Å²) >= 11 is 0. The first kappa shape index (κ1) is 22.6. The summed E-state index contributed by atoms with van der Waals surface area (Å²) in [6.07, 6.45) is -4.19. The Kier molecular flexibility index (Phi) is 6.73. The number of phosphoric ester groups is 1. The van der Waals surface area contributed by atoms with E-state index in [-0.39, 0.29) is 6.54 Å². The van der Waals surface area contributed by atoms with Crippen molar-refractivity contribution in [3.63, 3.8) is 0 Å². The van der Waals surface area contributed by atoms with E-state index in [1.54, 1.807) is 0 Å². The highest BCUT2D eigenvalue weighted by atomic mass is 31.2. The number of rotatable bonds is 7. The normalized spacial score (nSPS) is 24.3. The molecule has 0 spiro atoms. The minimum atomic E-state index is -4.81. The summed E-state index contributed by atoms with van der Waals surface area (Å²) in [5.41, 5.74) is 0.719. The summed E-state index contributed by atoms with van der Waals surface area (Å²) in [6.45, 7) is 1.32. The maximum absolute atomic E-state index is 12.9. The van der Waals surface area contributed by atoms with E-state index in [2.05, 4.69) is 4.52 Å². The Hall–Kier alpha value is -2.11. The Bertz CT molecular complexity index is 1060. The first-order valence-electron chi connectivity index (χ1n) is 9.16. The molecule has 0 aliphatic carbocycles. The molecule has 2 heterocycles. The van der Waals surface area contributed by atoms with Crippen molar-refractivity contribution in [2.45, 2.75) is 44.4 Å². The van der Waals surface area contributed by atoms with Gasteiger partial charge in [-0.25, -0.2) is 9.36 Å².